The average molecular weight is 203 g/mol. The normalized spacial score (nSPS) is 10.2. The van der Waals surface area contributed by atoms with Crippen molar-refractivity contribution in [1.82, 2.24) is 9.97 Å². The van der Waals surface area contributed by atoms with Gasteiger partial charge in [-0.15, -0.1) is 0 Å². The van der Waals surface area contributed by atoms with E-state index in [1.165, 1.54) is 12.1 Å². The maximum absolute atomic E-state index is 12.6. The van der Waals surface area contributed by atoms with Gasteiger partial charge in [0.1, 0.15) is 5.82 Å². The van der Waals surface area contributed by atoms with Crippen LogP contribution in [0.15, 0.2) is 36.5 Å². The summed E-state index contributed by atoms with van der Waals surface area (Å²) in [5, 5.41) is 0. The summed E-state index contributed by atoms with van der Waals surface area (Å²) in [5.41, 5.74) is 7.28. The predicted molar refractivity (Wildman–Crippen MR) is 55.7 cm³/mol. The van der Waals surface area contributed by atoms with Gasteiger partial charge in [0.2, 0.25) is 5.95 Å². The van der Waals surface area contributed by atoms with Gasteiger partial charge in [-0.1, -0.05) is 12.1 Å². The molecule has 0 saturated heterocycles. The molecule has 0 atom stereocenters. The van der Waals surface area contributed by atoms with Crippen LogP contribution in [0.2, 0.25) is 0 Å². The number of hydrogen-bond donors (Lipinski definition) is 1. The Labute approximate surface area is 86.8 Å². The molecular weight excluding hydrogens is 193 g/mol. The van der Waals surface area contributed by atoms with Crippen molar-refractivity contribution in [3.05, 3.63) is 53.6 Å². The van der Waals surface area contributed by atoms with Crippen LogP contribution in [0.4, 0.5) is 10.3 Å². The second-order valence-electron chi connectivity index (χ2n) is 3.21. The first-order valence-electron chi connectivity index (χ1n) is 4.56. The summed E-state index contributed by atoms with van der Waals surface area (Å²) in [4.78, 5) is 7.87. The molecule has 1 heterocycles. The number of hydrogen-bond acceptors (Lipinski definition) is 3. The average Bonchev–Trinajstić information content (AvgIpc) is 2.22. The van der Waals surface area contributed by atoms with Gasteiger partial charge in [-0.25, -0.2) is 14.4 Å². The summed E-state index contributed by atoms with van der Waals surface area (Å²) >= 11 is 0. The van der Waals surface area contributed by atoms with Gasteiger partial charge in [0.15, 0.2) is 0 Å². The second kappa shape index (κ2) is 4.04. The highest BCUT2D eigenvalue weighted by Gasteiger charge is 1.99. The Balaban J connectivity index is 2.18. The van der Waals surface area contributed by atoms with Crippen LogP contribution in [0.1, 0.15) is 11.3 Å². The fourth-order valence-electron chi connectivity index (χ4n) is 1.32. The lowest BCUT2D eigenvalue weighted by Gasteiger charge is -2.01. The molecule has 0 unspecified atom stereocenters. The molecule has 0 aliphatic carbocycles. The minimum Gasteiger partial charge on any atom is -0.368 e. The van der Waals surface area contributed by atoms with E-state index in [1.54, 1.807) is 24.4 Å². The molecule has 0 fully saturated rings. The monoisotopic (exact) mass is 203 g/mol. The van der Waals surface area contributed by atoms with Crippen molar-refractivity contribution in [3.63, 3.8) is 0 Å². The fraction of sp³-hybridized carbons (Fsp3) is 0.0909. The Hall–Kier alpha value is -1.97. The maximum atomic E-state index is 12.6. The number of nitrogens with zero attached hydrogens (tertiary/aromatic N) is 2. The summed E-state index contributed by atoms with van der Waals surface area (Å²) in [7, 11) is 0. The summed E-state index contributed by atoms with van der Waals surface area (Å²) in [6.45, 7) is 0. The summed E-state index contributed by atoms with van der Waals surface area (Å²) < 4.78 is 12.6. The van der Waals surface area contributed by atoms with Crippen molar-refractivity contribution in [2.45, 2.75) is 6.42 Å². The molecule has 0 aliphatic heterocycles. The van der Waals surface area contributed by atoms with Gasteiger partial charge >= 0.3 is 0 Å². The lowest BCUT2D eigenvalue weighted by atomic mass is 10.1. The molecule has 0 radical (unpaired) electrons. The van der Waals surface area contributed by atoms with Crippen molar-refractivity contribution in [1.29, 1.82) is 0 Å². The SMILES string of the molecule is Nc1nccc(Cc2ccc(F)cc2)n1. The van der Waals surface area contributed by atoms with Crippen LogP contribution in [0, 0.1) is 5.82 Å². The molecule has 0 spiro atoms. The first kappa shape index (κ1) is 9.58. The molecule has 76 valence electrons. The quantitative estimate of drug-likeness (QED) is 0.809. The third-order valence-corrected chi connectivity index (χ3v) is 2.03. The zero-order chi connectivity index (χ0) is 10.7. The van der Waals surface area contributed by atoms with Crippen molar-refractivity contribution in [3.8, 4) is 0 Å². The van der Waals surface area contributed by atoms with Crippen LogP contribution in [0.25, 0.3) is 0 Å². The number of nitrogens with two attached hydrogens (primary N) is 1. The lowest BCUT2D eigenvalue weighted by Crippen LogP contribution is -1.98. The van der Waals surface area contributed by atoms with Crippen molar-refractivity contribution in [2.75, 3.05) is 5.73 Å². The smallest absolute Gasteiger partial charge is 0.220 e. The molecule has 2 aromatic rings. The summed E-state index contributed by atoms with van der Waals surface area (Å²) in [6.07, 6.45) is 2.24. The Kier molecular flexibility index (Phi) is 2.58. The summed E-state index contributed by atoms with van der Waals surface area (Å²) in [5.74, 6) is 0.0237. The highest BCUT2D eigenvalue weighted by atomic mass is 19.1. The number of halogens is 1. The zero-order valence-corrected chi connectivity index (χ0v) is 8.02. The molecule has 0 saturated carbocycles. The summed E-state index contributed by atoms with van der Waals surface area (Å²) in [6, 6.07) is 8.11. The zero-order valence-electron chi connectivity index (χ0n) is 8.02. The highest BCUT2D eigenvalue weighted by Crippen LogP contribution is 2.08. The maximum Gasteiger partial charge on any atom is 0.220 e. The van der Waals surface area contributed by atoms with E-state index in [2.05, 4.69) is 9.97 Å². The molecule has 0 amide bonds. The van der Waals surface area contributed by atoms with E-state index in [9.17, 15) is 4.39 Å². The van der Waals surface area contributed by atoms with E-state index < -0.39 is 0 Å². The van der Waals surface area contributed by atoms with Crippen LogP contribution < -0.4 is 5.73 Å². The van der Waals surface area contributed by atoms with Crippen LogP contribution in [0.5, 0.6) is 0 Å². The van der Waals surface area contributed by atoms with E-state index in [-0.39, 0.29) is 11.8 Å². The van der Waals surface area contributed by atoms with E-state index in [1.807, 2.05) is 0 Å². The number of rotatable bonds is 2. The number of aromatic nitrogens is 2. The minimum atomic E-state index is -0.235. The Morgan fingerprint density at radius 3 is 2.53 bits per heavy atom. The van der Waals surface area contributed by atoms with E-state index in [0.29, 0.717) is 6.42 Å². The predicted octanol–water partition coefficient (Wildman–Crippen LogP) is 1.79. The second-order valence-corrected chi connectivity index (χ2v) is 3.21. The molecule has 3 nitrogen and oxygen atoms in total. The Morgan fingerprint density at radius 2 is 1.87 bits per heavy atom. The van der Waals surface area contributed by atoms with Crippen molar-refractivity contribution < 1.29 is 4.39 Å². The first-order chi connectivity index (χ1) is 7.24. The topological polar surface area (TPSA) is 51.8 Å². The molecule has 15 heavy (non-hydrogen) atoms. The lowest BCUT2D eigenvalue weighted by molar-refractivity contribution is 0.627. The van der Waals surface area contributed by atoms with Crippen LogP contribution in [-0.2, 0) is 6.42 Å². The standard InChI is InChI=1S/C11H10FN3/c12-9-3-1-8(2-4-9)7-10-5-6-14-11(13)15-10/h1-6H,7H2,(H2,13,14,15). The molecule has 2 N–H and O–H groups in total. The van der Waals surface area contributed by atoms with Gasteiger partial charge in [-0.05, 0) is 23.8 Å². The number of nitrogen functional groups attached to an aromatic ring is 1. The molecule has 2 rings (SSSR count). The number of benzene rings is 1. The van der Waals surface area contributed by atoms with E-state index in [4.69, 9.17) is 5.73 Å². The molecule has 0 aliphatic rings. The third kappa shape index (κ3) is 2.49. The third-order valence-electron chi connectivity index (χ3n) is 2.03. The molecule has 1 aromatic heterocycles. The Bertz CT molecular complexity index is 454. The molecule has 4 heteroatoms. The van der Waals surface area contributed by atoms with Gasteiger partial charge in [0.25, 0.3) is 0 Å². The van der Waals surface area contributed by atoms with E-state index in [0.717, 1.165) is 11.3 Å². The van der Waals surface area contributed by atoms with Crippen LogP contribution in [0.3, 0.4) is 0 Å². The molecule has 0 bridgehead atoms. The van der Waals surface area contributed by atoms with E-state index >= 15 is 0 Å². The molecular formula is C11H10FN3. The highest BCUT2D eigenvalue weighted by molar-refractivity contribution is 5.24. The van der Waals surface area contributed by atoms with Crippen molar-refractivity contribution >= 4 is 5.95 Å². The minimum absolute atomic E-state index is 0.235. The number of anilines is 1. The fourth-order valence-corrected chi connectivity index (χ4v) is 1.32. The van der Waals surface area contributed by atoms with Gasteiger partial charge in [-0.2, -0.15) is 0 Å². The largest absolute Gasteiger partial charge is 0.368 e. The Morgan fingerprint density at radius 1 is 1.13 bits per heavy atom. The van der Waals surface area contributed by atoms with Gasteiger partial charge < -0.3 is 5.73 Å². The van der Waals surface area contributed by atoms with Crippen LogP contribution in [-0.4, -0.2) is 9.97 Å². The van der Waals surface area contributed by atoms with Gasteiger partial charge in [-0.3, -0.25) is 0 Å². The van der Waals surface area contributed by atoms with Crippen molar-refractivity contribution in [2.24, 2.45) is 0 Å². The van der Waals surface area contributed by atoms with Gasteiger partial charge in [0, 0.05) is 12.6 Å². The first-order valence-corrected chi connectivity index (χ1v) is 4.56. The van der Waals surface area contributed by atoms with Crippen LogP contribution >= 0.6 is 0 Å². The molecule has 1 aromatic carbocycles. The van der Waals surface area contributed by atoms with Gasteiger partial charge in [0.05, 0.1) is 5.69 Å².